The summed E-state index contributed by atoms with van der Waals surface area (Å²) in [4.78, 5) is 16.6. The molecule has 1 heterocycles. The fourth-order valence-corrected chi connectivity index (χ4v) is 4.00. The first-order valence-electron chi connectivity index (χ1n) is 10.3. The summed E-state index contributed by atoms with van der Waals surface area (Å²) < 4.78 is 0.755. The van der Waals surface area contributed by atoms with Crippen LogP contribution in [0.25, 0.3) is 16.7 Å². The molecule has 3 aromatic carbocycles. The van der Waals surface area contributed by atoms with E-state index in [0.717, 1.165) is 45.5 Å². The molecular formula is C24H24BrN5O. The maximum Gasteiger partial charge on any atom is 0.256 e. The molecule has 1 N–H and O–H groups in total. The average Bonchev–Trinajstić information content (AvgIpc) is 3.18. The number of rotatable bonds is 6. The van der Waals surface area contributed by atoms with E-state index >= 15 is 0 Å². The molecule has 0 atom stereocenters. The molecule has 6 nitrogen and oxygen atoms in total. The van der Waals surface area contributed by atoms with Crippen LogP contribution in [0.15, 0.2) is 65.1 Å². The Bertz CT molecular complexity index is 1230. The minimum Gasteiger partial charge on any atom is -0.372 e. The molecule has 0 fully saturated rings. The molecule has 4 aromatic rings. The van der Waals surface area contributed by atoms with Crippen LogP contribution in [0.3, 0.4) is 0 Å². The molecular weight excluding hydrogens is 454 g/mol. The molecule has 0 unspecified atom stereocenters. The van der Waals surface area contributed by atoms with Gasteiger partial charge < -0.3 is 10.2 Å². The van der Waals surface area contributed by atoms with E-state index in [4.69, 9.17) is 0 Å². The summed E-state index contributed by atoms with van der Waals surface area (Å²) in [7, 11) is 0. The van der Waals surface area contributed by atoms with Crippen molar-refractivity contribution in [3.05, 3.63) is 76.3 Å². The number of halogens is 1. The molecule has 0 aliphatic rings. The smallest absolute Gasteiger partial charge is 0.256 e. The van der Waals surface area contributed by atoms with E-state index in [1.807, 2.05) is 49.4 Å². The van der Waals surface area contributed by atoms with Crippen molar-refractivity contribution >= 4 is 44.2 Å². The second-order valence-electron chi connectivity index (χ2n) is 7.27. The monoisotopic (exact) mass is 477 g/mol. The van der Waals surface area contributed by atoms with Crippen LogP contribution in [0.4, 0.5) is 11.4 Å². The Morgan fingerprint density at radius 3 is 2.29 bits per heavy atom. The van der Waals surface area contributed by atoms with Gasteiger partial charge in [0, 0.05) is 28.9 Å². The number of amides is 1. The molecule has 0 aliphatic carbocycles. The summed E-state index contributed by atoms with van der Waals surface area (Å²) in [5, 5.41) is 12.2. The Morgan fingerprint density at radius 2 is 1.65 bits per heavy atom. The minimum atomic E-state index is -0.172. The van der Waals surface area contributed by atoms with Gasteiger partial charge in [-0.05, 0) is 90.8 Å². The van der Waals surface area contributed by atoms with E-state index in [9.17, 15) is 4.79 Å². The highest BCUT2D eigenvalue weighted by atomic mass is 79.9. The van der Waals surface area contributed by atoms with Gasteiger partial charge in [-0.25, -0.2) is 0 Å². The van der Waals surface area contributed by atoms with Gasteiger partial charge in [0.05, 0.1) is 11.3 Å². The number of hydrogen-bond donors (Lipinski definition) is 1. The lowest BCUT2D eigenvalue weighted by Gasteiger charge is -2.20. The zero-order valence-corrected chi connectivity index (χ0v) is 19.3. The summed E-state index contributed by atoms with van der Waals surface area (Å²) in [5.74, 6) is -0.172. The van der Waals surface area contributed by atoms with Crippen LogP contribution in [0.2, 0.25) is 0 Å². The number of anilines is 2. The van der Waals surface area contributed by atoms with Gasteiger partial charge in [0.15, 0.2) is 0 Å². The highest BCUT2D eigenvalue weighted by Crippen LogP contribution is 2.25. The second-order valence-corrected chi connectivity index (χ2v) is 8.12. The highest BCUT2D eigenvalue weighted by Gasteiger charge is 2.14. The van der Waals surface area contributed by atoms with Crippen LogP contribution >= 0.6 is 15.9 Å². The van der Waals surface area contributed by atoms with Crippen LogP contribution in [0.1, 0.15) is 29.8 Å². The molecule has 7 heteroatoms. The first kappa shape index (κ1) is 21.1. The molecule has 0 saturated carbocycles. The first-order valence-corrected chi connectivity index (χ1v) is 11.1. The molecule has 4 rings (SSSR count). The molecule has 1 amide bonds. The average molecular weight is 478 g/mol. The number of nitrogens with one attached hydrogen (secondary N) is 1. The van der Waals surface area contributed by atoms with Crippen molar-refractivity contribution in [2.75, 3.05) is 23.3 Å². The lowest BCUT2D eigenvalue weighted by Crippen LogP contribution is -2.21. The molecule has 1 aromatic heterocycles. The van der Waals surface area contributed by atoms with Crippen molar-refractivity contribution in [3.8, 4) is 5.69 Å². The molecule has 158 valence electrons. The number of carbonyl (C=O) groups is 1. The molecule has 31 heavy (non-hydrogen) atoms. The Hall–Kier alpha value is -3.19. The van der Waals surface area contributed by atoms with E-state index in [1.165, 1.54) is 5.69 Å². The van der Waals surface area contributed by atoms with Crippen LogP contribution < -0.4 is 10.2 Å². The maximum atomic E-state index is 12.7. The number of hydrogen-bond acceptors (Lipinski definition) is 4. The molecule has 0 aliphatic heterocycles. The summed E-state index contributed by atoms with van der Waals surface area (Å²) in [6, 6.07) is 19.4. The predicted molar refractivity (Wildman–Crippen MR) is 129 cm³/mol. The van der Waals surface area contributed by atoms with Gasteiger partial charge in [-0.1, -0.05) is 12.1 Å². The zero-order chi connectivity index (χ0) is 22.0. The molecule has 0 saturated heterocycles. The van der Waals surface area contributed by atoms with Crippen LogP contribution in [0.5, 0.6) is 0 Å². The van der Waals surface area contributed by atoms with Crippen LogP contribution in [-0.4, -0.2) is 34.0 Å². The summed E-state index contributed by atoms with van der Waals surface area (Å²) >= 11 is 3.43. The Kier molecular flexibility index (Phi) is 6.04. The van der Waals surface area contributed by atoms with Gasteiger partial charge in [-0.15, -0.1) is 10.2 Å². The van der Waals surface area contributed by atoms with Crippen molar-refractivity contribution in [3.63, 3.8) is 0 Å². The third kappa shape index (κ3) is 4.32. The summed E-state index contributed by atoms with van der Waals surface area (Å²) in [5.41, 5.74) is 5.81. The fourth-order valence-electron chi connectivity index (χ4n) is 3.54. The van der Waals surface area contributed by atoms with Gasteiger partial charge in [-0.3, -0.25) is 4.79 Å². The number of benzene rings is 3. The number of aromatic nitrogens is 3. The van der Waals surface area contributed by atoms with Crippen molar-refractivity contribution < 1.29 is 4.79 Å². The van der Waals surface area contributed by atoms with E-state index in [2.05, 4.69) is 62.3 Å². The maximum absolute atomic E-state index is 12.7. The summed E-state index contributed by atoms with van der Waals surface area (Å²) in [6.07, 6.45) is 0. The van der Waals surface area contributed by atoms with Crippen molar-refractivity contribution in [2.45, 2.75) is 20.8 Å². The van der Waals surface area contributed by atoms with Crippen molar-refractivity contribution in [2.24, 2.45) is 0 Å². The van der Waals surface area contributed by atoms with Gasteiger partial charge in [-0.2, -0.15) is 4.80 Å². The summed E-state index contributed by atoms with van der Waals surface area (Å²) in [6.45, 7) is 8.18. The van der Waals surface area contributed by atoms with Crippen molar-refractivity contribution in [1.29, 1.82) is 0 Å². The topological polar surface area (TPSA) is 63.1 Å². The molecule has 0 radical (unpaired) electrons. The number of fused-ring (bicyclic) bond motifs is 1. The lowest BCUT2D eigenvalue weighted by atomic mass is 10.1. The molecule has 0 spiro atoms. The Labute approximate surface area is 190 Å². The second kappa shape index (κ2) is 8.89. The third-order valence-electron chi connectivity index (χ3n) is 5.30. The van der Waals surface area contributed by atoms with Gasteiger partial charge in [0.2, 0.25) is 0 Å². The Morgan fingerprint density at radius 1 is 1.00 bits per heavy atom. The number of nitrogens with zero attached hydrogens (tertiary/aromatic N) is 4. The van der Waals surface area contributed by atoms with Crippen molar-refractivity contribution in [1.82, 2.24) is 15.0 Å². The van der Waals surface area contributed by atoms with Gasteiger partial charge in [0.25, 0.3) is 5.91 Å². The largest absolute Gasteiger partial charge is 0.372 e. The standard InChI is InChI=1S/C24H24BrN5O/c1-4-29(5-2)17-10-12-18(13-11-17)30-27-22-14-16(3)21(15-23(22)28-30)26-24(31)19-8-6-7-9-20(19)25/h6-15H,4-5H2,1-3H3,(H,26,31). The van der Waals surface area contributed by atoms with E-state index in [1.54, 1.807) is 10.9 Å². The number of carbonyl (C=O) groups excluding carboxylic acids is 1. The fraction of sp³-hybridized carbons (Fsp3) is 0.208. The minimum absolute atomic E-state index is 0.172. The quantitative estimate of drug-likeness (QED) is 0.393. The third-order valence-corrected chi connectivity index (χ3v) is 5.99. The van der Waals surface area contributed by atoms with Crippen LogP contribution in [-0.2, 0) is 0 Å². The van der Waals surface area contributed by atoms with Gasteiger partial charge >= 0.3 is 0 Å². The number of aryl methyl sites for hydroxylation is 1. The molecule has 0 bridgehead atoms. The highest BCUT2D eigenvalue weighted by molar-refractivity contribution is 9.10. The van der Waals surface area contributed by atoms with Gasteiger partial charge in [0.1, 0.15) is 11.0 Å². The zero-order valence-electron chi connectivity index (χ0n) is 17.8. The van der Waals surface area contributed by atoms with E-state index in [0.29, 0.717) is 5.56 Å². The predicted octanol–water partition coefficient (Wildman–Crippen LogP) is 5.59. The SMILES string of the molecule is CCN(CC)c1ccc(-n2nc3cc(C)c(NC(=O)c4ccccc4Br)cc3n2)cc1. The van der Waals surface area contributed by atoms with E-state index < -0.39 is 0 Å². The normalized spacial score (nSPS) is 11.0. The Balaban J connectivity index is 1.62. The first-order chi connectivity index (χ1) is 15.0. The van der Waals surface area contributed by atoms with Crippen LogP contribution in [0, 0.1) is 6.92 Å². The lowest BCUT2D eigenvalue weighted by molar-refractivity contribution is 0.102. The van der Waals surface area contributed by atoms with E-state index in [-0.39, 0.29) is 5.91 Å².